The smallest absolute Gasteiger partial charge is 0.255 e. The van der Waals surface area contributed by atoms with E-state index in [-0.39, 0.29) is 17.7 Å². The van der Waals surface area contributed by atoms with E-state index in [1.54, 1.807) is 23.2 Å². The zero-order valence-electron chi connectivity index (χ0n) is 12.3. The van der Waals surface area contributed by atoms with Gasteiger partial charge in [-0.3, -0.25) is 14.6 Å². The van der Waals surface area contributed by atoms with Gasteiger partial charge in [0.2, 0.25) is 5.91 Å². The first-order valence-electron chi connectivity index (χ1n) is 7.32. The van der Waals surface area contributed by atoms with Gasteiger partial charge in [-0.05, 0) is 31.9 Å². The van der Waals surface area contributed by atoms with E-state index in [1.165, 1.54) is 0 Å². The zero-order valence-corrected chi connectivity index (χ0v) is 12.3. The van der Waals surface area contributed by atoms with Crippen molar-refractivity contribution in [2.75, 3.05) is 26.2 Å². The topological polar surface area (TPSA) is 88.3 Å². The molecule has 2 amide bonds. The summed E-state index contributed by atoms with van der Waals surface area (Å²) in [5.74, 6) is -0.205. The van der Waals surface area contributed by atoms with E-state index in [4.69, 9.17) is 5.73 Å². The summed E-state index contributed by atoms with van der Waals surface area (Å²) in [4.78, 5) is 30.4. The van der Waals surface area contributed by atoms with Gasteiger partial charge in [-0.2, -0.15) is 0 Å². The van der Waals surface area contributed by atoms with Crippen LogP contribution in [0.3, 0.4) is 0 Å². The van der Waals surface area contributed by atoms with Crippen molar-refractivity contribution in [2.45, 2.75) is 19.8 Å². The third kappa shape index (κ3) is 3.78. The van der Waals surface area contributed by atoms with E-state index in [0.717, 1.165) is 18.5 Å². The second kappa shape index (κ2) is 7.17. The molecule has 1 fully saturated rings. The van der Waals surface area contributed by atoms with Gasteiger partial charge in [0.25, 0.3) is 5.91 Å². The molecule has 6 nitrogen and oxygen atoms in total. The van der Waals surface area contributed by atoms with E-state index >= 15 is 0 Å². The number of aryl methyl sites for hydroxylation is 1. The highest BCUT2D eigenvalue weighted by molar-refractivity contribution is 5.95. The lowest BCUT2D eigenvalue weighted by Gasteiger charge is -2.32. The molecule has 1 aliphatic rings. The molecule has 0 spiro atoms. The highest BCUT2D eigenvalue weighted by Gasteiger charge is 2.29. The summed E-state index contributed by atoms with van der Waals surface area (Å²) in [6.07, 6.45) is 3.32. The van der Waals surface area contributed by atoms with E-state index in [9.17, 15) is 9.59 Å². The van der Waals surface area contributed by atoms with Gasteiger partial charge in [-0.1, -0.05) is 0 Å². The summed E-state index contributed by atoms with van der Waals surface area (Å²) in [5, 5.41) is 2.80. The lowest BCUT2D eigenvalue weighted by atomic mass is 9.96. The SMILES string of the molecule is Cc1ncccc1C(=O)N1CCCC(C(=O)NCCN)C1. The third-order valence-electron chi connectivity index (χ3n) is 3.76. The average molecular weight is 290 g/mol. The molecule has 1 aromatic heterocycles. The van der Waals surface area contributed by atoms with E-state index in [1.807, 2.05) is 6.92 Å². The number of amides is 2. The van der Waals surface area contributed by atoms with Crippen molar-refractivity contribution in [3.8, 4) is 0 Å². The number of pyridine rings is 1. The van der Waals surface area contributed by atoms with Gasteiger partial charge in [-0.25, -0.2) is 0 Å². The highest BCUT2D eigenvalue weighted by atomic mass is 16.2. The minimum absolute atomic E-state index is 0.0131. The molecular weight excluding hydrogens is 268 g/mol. The van der Waals surface area contributed by atoms with Crippen LogP contribution in [-0.4, -0.2) is 47.9 Å². The summed E-state index contributed by atoms with van der Waals surface area (Å²) in [6, 6.07) is 3.54. The standard InChI is InChI=1S/C15H22N4O2/c1-11-13(5-2-7-17-11)15(21)19-9-3-4-12(10-19)14(20)18-8-6-16/h2,5,7,12H,3-4,6,8-10,16H2,1H3,(H,18,20). The molecule has 114 valence electrons. The predicted octanol–water partition coefficient (Wildman–Crippen LogP) is 0.317. The number of likely N-dealkylation sites (tertiary alicyclic amines) is 1. The fourth-order valence-electron chi connectivity index (χ4n) is 2.60. The molecule has 21 heavy (non-hydrogen) atoms. The molecule has 1 atom stereocenters. The Morgan fingerprint density at radius 2 is 2.33 bits per heavy atom. The van der Waals surface area contributed by atoms with Crippen molar-refractivity contribution in [3.63, 3.8) is 0 Å². The average Bonchev–Trinajstić information content (AvgIpc) is 2.52. The van der Waals surface area contributed by atoms with Crippen LogP contribution >= 0.6 is 0 Å². The number of rotatable bonds is 4. The Kier molecular flexibility index (Phi) is 5.27. The number of piperidine rings is 1. The predicted molar refractivity (Wildman–Crippen MR) is 79.7 cm³/mol. The normalized spacial score (nSPS) is 18.4. The van der Waals surface area contributed by atoms with Crippen molar-refractivity contribution in [1.82, 2.24) is 15.2 Å². The number of nitrogens with zero attached hydrogens (tertiary/aromatic N) is 2. The van der Waals surface area contributed by atoms with Crippen molar-refractivity contribution in [1.29, 1.82) is 0 Å². The Balaban J connectivity index is 2.02. The molecule has 1 unspecified atom stereocenters. The van der Waals surface area contributed by atoms with E-state index in [0.29, 0.717) is 31.7 Å². The number of nitrogens with one attached hydrogen (secondary N) is 1. The molecule has 1 aromatic rings. The van der Waals surface area contributed by atoms with Crippen LogP contribution in [0.2, 0.25) is 0 Å². The molecule has 3 N–H and O–H groups in total. The quantitative estimate of drug-likeness (QED) is 0.835. The molecule has 0 aromatic carbocycles. The first kappa shape index (κ1) is 15.4. The van der Waals surface area contributed by atoms with Gasteiger partial charge in [0.05, 0.1) is 11.5 Å². The molecule has 1 saturated heterocycles. The van der Waals surface area contributed by atoms with Crippen LogP contribution in [0.5, 0.6) is 0 Å². The van der Waals surface area contributed by atoms with Gasteiger partial charge >= 0.3 is 0 Å². The maximum atomic E-state index is 12.5. The van der Waals surface area contributed by atoms with Crippen molar-refractivity contribution < 1.29 is 9.59 Å². The minimum Gasteiger partial charge on any atom is -0.355 e. The number of carbonyl (C=O) groups is 2. The first-order chi connectivity index (χ1) is 10.1. The Morgan fingerprint density at radius 1 is 1.52 bits per heavy atom. The maximum absolute atomic E-state index is 12.5. The van der Waals surface area contributed by atoms with Gasteiger partial charge in [-0.15, -0.1) is 0 Å². The zero-order chi connectivity index (χ0) is 15.2. The van der Waals surface area contributed by atoms with E-state index in [2.05, 4.69) is 10.3 Å². The molecule has 6 heteroatoms. The first-order valence-corrected chi connectivity index (χ1v) is 7.32. The molecule has 0 saturated carbocycles. The number of aromatic nitrogens is 1. The molecular formula is C15H22N4O2. The second-order valence-corrected chi connectivity index (χ2v) is 5.31. The number of carbonyl (C=O) groups excluding carboxylic acids is 2. The molecule has 0 bridgehead atoms. The molecule has 1 aliphatic heterocycles. The van der Waals surface area contributed by atoms with Crippen molar-refractivity contribution in [3.05, 3.63) is 29.6 Å². The number of hydrogen-bond acceptors (Lipinski definition) is 4. The highest BCUT2D eigenvalue weighted by Crippen LogP contribution is 2.19. The van der Waals surface area contributed by atoms with E-state index < -0.39 is 0 Å². The van der Waals surface area contributed by atoms with Crippen LogP contribution in [0, 0.1) is 12.8 Å². The molecule has 0 radical (unpaired) electrons. The van der Waals surface area contributed by atoms with Crippen molar-refractivity contribution >= 4 is 11.8 Å². The van der Waals surface area contributed by atoms with Crippen molar-refractivity contribution in [2.24, 2.45) is 11.7 Å². The van der Waals surface area contributed by atoms with Gasteiger partial charge < -0.3 is 16.0 Å². The third-order valence-corrected chi connectivity index (χ3v) is 3.76. The molecule has 2 heterocycles. The fraction of sp³-hybridized carbons (Fsp3) is 0.533. The van der Waals surface area contributed by atoms with Gasteiger partial charge in [0, 0.05) is 38.1 Å². The largest absolute Gasteiger partial charge is 0.355 e. The Bertz CT molecular complexity index is 518. The fourth-order valence-corrected chi connectivity index (χ4v) is 2.60. The Hall–Kier alpha value is -1.95. The second-order valence-electron chi connectivity index (χ2n) is 5.31. The van der Waals surface area contributed by atoms with Crippen LogP contribution in [0.25, 0.3) is 0 Å². The monoisotopic (exact) mass is 290 g/mol. The summed E-state index contributed by atoms with van der Waals surface area (Å²) in [5.41, 5.74) is 6.72. The van der Waals surface area contributed by atoms with Crippen LogP contribution in [-0.2, 0) is 4.79 Å². The Labute approximate surface area is 124 Å². The summed E-state index contributed by atoms with van der Waals surface area (Å²) >= 11 is 0. The summed E-state index contributed by atoms with van der Waals surface area (Å²) in [7, 11) is 0. The lowest BCUT2D eigenvalue weighted by Crippen LogP contribution is -2.46. The summed E-state index contributed by atoms with van der Waals surface area (Å²) < 4.78 is 0. The van der Waals surface area contributed by atoms with Gasteiger partial charge in [0.15, 0.2) is 0 Å². The van der Waals surface area contributed by atoms with Gasteiger partial charge in [0.1, 0.15) is 0 Å². The molecule has 2 rings (SSSR count). The minimum atomic E-state index is -0.147. The Morgan fingerprint density at radius 3 is 3.05 bits per heavy atom. The lowest BCUT2D eigenvalue weighted by molar-refractivity contribution is -0.126. The van der Waals surface area contributed by atoms with Crippen LogP contribution in [0.4, 0.5) is 0 Å². The number of nitrogens with two attached hydrogens (primary N) is 1. The molecule has 0 aliphatic carbocycles. The van der Waals surface area contributed by atoms with Crippen LogP contribution in [0.15, 0.2) is 18.3 Å². The van der Waals surface area contributed by atoms with Crippen LogP contribution < -0.4 is 11.1 Å². The summed E-state index contributed by atoms with van der Waals surface area (Å²) in [6.45, 7) is 3.88. The maximum Gasteiger partial charge on any atom is 0.255 e. The van der Waals surface area contributed by atoms with Crippen LogP contribution in [0.1, 0.15) is 28.9 Å². The number of hydrogen-bond donors (Lipinski definition) is 2.